The second-order valence-corrected chi connectivity index (χ2v) is 13.9. The first kappa shape index (κ1) is 24.2. The van der Waals surface area contributed by atoms with E-state index in [-0.39, 0.29) is 0 Å². The monoisotopic (exact) mass is 354 g/mol. The average molecular weight is 355 g/mol. The molecule has 0 nitrogen and oxygen atoms in total. The van der Waals surface area contributed by atoms with Gasteiger partial charge >= 0.3 is 0 Å². The largest absolute Gasteiger partial charge is 0.0678 e. The van der Waals surface area contributed by atoms with Crippen molar-refractivity contribution in [1.29, 1.82) is 0 Å². The van der Waals surface area contributed by atoms with Gasteiger partial charge in [0.15, 0.2) is 0 Å². The fourth-order valence-electron chi connectivity index (χ4n) is 4.15. The number of unbranched alkanes of at least 4 members (excludes halogenated alkanes) is 14. The van der Waals surface area contributed by atoms with E-state index in [9.17, 15) is 0 Å². The summed E-state index contributed by atoms with van der Waals surface area (Å²) in [6, 6.07) is 6.14. The standard InChI is InChI=1S/C23H50Si/c1-5-9-10-11-12-13-14-15-16-17-18-19-20-21-22-23-24(6-2,7-3)8-4/h5-23H2,1-4H3. The van der Waals surface area contributed by atoms with Gasteiger partial charge in [0.25, 0.3) is 0 Å². The van der Waals surface area contributed by atoms with Gasteiger partial charge in [0.1, 0.15) is 0 Å². The van der Waals surface area contributed by atoms with Crippen molar-refractivity contribution in [2.24, 2.45) is 0 Å². The van der Waals surface area contributed by atoms with Crippen LogP contribution >= 0.6 is 0 Å². The van der Waals surface area contributed by atoms with E-state index in [4.69, 9.17) is 0 Å². The van der Waals surface area contributed by atoms with E-state index < -0.39 is 8.07 Å². The molecule has 1 heteroatoms. The van der Waals surface area contributed by atoms with Gasteiger partial charge in [-0.3, -0.25) is 0 Å². The van der Waals surface area contributed by atoms with Gasteiger partial charge in [-0.05, 0) is 0 Å². The highest BCUT2D eigenvalue weighted by Gasteiger charge is 2.25. The van der Waals surface area contributed by atoms with E-state index in [0.29, 0.717) is 0 Å². The summed E-state index contributed by atoms with van der Waals surface area (Å²) in [7, 11) is -0.822. The van der Waals surface area contributed by atoms with Gasteiger partial charge in [-0.25, -0.2) is 0 Å². The molecule has 0 N–H and O–H groups in total. The molecule has 0 aliphatic heterocycles. The van der Waals surface area contributed by atoms with Gasteiger partial charge < -0.3 is 0 Å². The molecule has 0 unspecified atom stereocenters. The highest BCUT2D eigenvalue weighted by molar-refractivity contribution is 6.79. The van der Waals surface area contributed by atoms with Crippen molar-refractivity contribution in [3.05, 3.63) is 0 Å². The van der Waals surface area contributed by atoms with Crippen LogP contribution in [0, 0.1) is 0 Å². The van der Waals surface area contributed by atoms with E-state index in [0.717, 1.165) is 0 Å². The second-order valence-electron chi connectivity index (χ2n) is 8.26. The molecule has 0 aromatic carbocycles. The minimum absolute atomic E-state index is 0.822. The Hall–Kier alpha value is 0.217. The molecule has 0 saturated carbocycles. The number of hydrogen-bond acceptors (Lipinski definition) is 0. The fraction of sp³-hybridized carbons (Fsp3) is 1.00. The van der Waals surface area contributed by atoms with Crippen molar-refractivity contribution >= 4 is 8.07 Å². The van der Waals surface area contributed by atoms with Crippen LogP contribution in [0.15, 0.2) is 0 Å². The van der Waals surface area contributed by atoms with Gasteiger partial charge in [0.2, 0.25) is 0 Å². The molecule has 0 aromatic rings. The predicted octanol–water partition coefficient (Wildman–Crippen LogP) is 9.37. The van der Waals surface area contributed by atoms with Gasteiger partial charge in [-0.1, -0.05) is 148 Å². The van der Waals surface area contributed by atoms with Gasteiger partial charge in [-0.15, -0.1) is 0 Å². The molecule has 0 atom stereocenters. The zero-order valence-corrected chi connectivity index (χ0v) is 18.9. The third-order valence-electron chi connectivity index (χ3n) is 6.56. The predicted molar refractivity (Wildman–Crippen MR) is 117 cm³/mol. The summed E-state index contributed by atoms with van der Waals surface area (Å²) in [6.07, 6.45) is 22.2. The van der Waals surface area contributed by atoms with Crippen LogP contribution in [0.1, 0.15) is 124 Å². The minimum atomic E-state index is -0.822. The Bertz CT molecular complexity index is 224. The lowest BCUT2D eigenvalue weighted by molar-refractivity contribution is 0.534. The molecule has 24 heavy (non-hydrogen) atoms. The molecule has 0 radical (unpaired) electrons. The maximum absolute atomic E-state index is 2.45. The molecule has 0 rings (SSSR count). The highest BCUT2D eigenvalue weighted by atomic mass is 28.3. The van der Waals surface area contributed by atoms with Crippen molar-refractivity contribution < 1.29 is 0 Å². The maximum Gasteiger partial charge on any atom is 0.0527 e. The Morgan fingerprint density at radius 2 is 0.667 bits per heavy atom. The van der Waals surface area contributed by atoms with Crippen LogP contribution in [0.3, 0.4) is 0 Å². The van der Waals surface area contributed by atoms with Crippen LogP contribution in [0.5, 0.6) is 0 Å². The van der Waals surface area contributed by atoms with E-state index in [1.54, 1.807) is 6.04 Å². The van der Waals surface area contributed by atoms with Crippen molar-refractivity contribution in [2.75, 3.05) is 0 Å². The first-order valence-electron chi connectivity index (χ1n) is 11.7. The molecule has 0 spiro atoms. The summed E-state index contributed by atoms with van der Waals surface area (Å²) in [4.78, 5) is 0. The van der Waals surface area contributed by atoms with Crippen LogP contribution < -0.4 is 0 Å². The molecule has 146 valence electrons. The van der Waals surface area contributed by atoms with E-state index >= 15 is 0 Å². The maximum atomic E-state index is 2.45. The zero-order chi connectivity index (χ0) is 17.9. The SMILES string of the molecule is CCCCCCCCCCCCCCCCC[Si](CC)(CC)CC. The summed E-state index contributed by atoms with van der Waals surface area (Å²) < 4.78 is 0. The summed E-state index contributed by atoms with van der Waals surface area (Å²) in [6.45, 7) is 9.65. The molecule has 0 aliphatic carbocycles. The minimum Gasteiger partial charge on any atom is -0.0678 e. The Balaban J connectivity index is 3.23. The van der Waals surface area contributed by atoms with Crippen molar-refractivity contribution in [3.8, 4) is 0 Å². The molecule has 0 bridgehead atoms. The first-order chi connectivity index (χ1) is 11.7. The second kappa shape index (κ2) is 18.0. The summed E-state index contributed by atoms with van der Waals surface area (Å²) in [5.41, 5.74) is 0. The molecule has 0 fully saturated rings. The number of hydrogen-bond donors (Lipinski definition) is 0. The molecular weight excluding hydrogens is 304 g/mol. The lowest BCUT2D eigenvalue weighted by Gasteiger charge is -2.28. The molecule has 0 amide bonds. The highest BCUT2D eigenvalue weighted by Crippen LogP contribution is 2.27. The van der Waals surface area contributed by atoms with Gasteiger partial charge in [-0.2, -0.15) is 0 Å². The summed E-state index contributed by atoms with van der Waals surface area (Å²) in [5, 5.41) is 0. The normalized spacial score (nSPS) is 12.0. The van der Waals surface area contributed by atoms with Gasteiger partial charge in [0, 0.05) is 0 Å². The summed E-state index contributed by atoms with van der Waals surface area (Å²) in [5.74, 6) is 0. The Kier molecular flexibility index (Phi) is 18.2. The molecule has 0 saturated heterocycles. The Morgan fingerprint density at radius 1 is 0.375 bits per heavy atom. The zero-order valence-electron chi connectivity index (χ0n) is 17.9. The average Bonchev–Trinajstić information content (AvgIpc) is 2.62. The van der Waals surface area contributed by atoms with Crippen molar-refractivity contribution in [1.82, 2.24) is 0 Å². The van der Waals surface area contributed by atoms with Crippen LogP contribution in [-0.4, -0.2) is 8.07 Å². The summed E-state index contributed by atoms with van der Waals surface area (Å²) >= 11 is 0. The van der Waals surface area contributed by atoms with E-state index in [1.807, 2.05) is 0 Å². The van der Waals surface area contributed by atoms with Crippen molar-refractivity contribution in [3.63, 3.8) is 0 Å². The third-order valence-corrected chi connectivity index (χ3v) is 12.5. The van der Waals surface area contributed by atoms with Crippen LogP contribution in [0.2, 0.25) is 24.2 Å². The van der Waals surface area contributed by atoms with Crippen molar-refractivity contribution in [2.45, 2.75) is 148 Å². The lowest BCUT2D eigenvalue weighted by Crippen LogP contribution is -2.30. The molecule has 0 aliphatic rings. The van der Waals surface area contributed by atoms with E-state index in [2.05, 4.69) is 27.7 Å². The molecule has 0 heterocycles. The topological polar surface area (TPSA) is 0 Å². The van der Waals surface area contributed by atoms with Crippen LogP contribution in [-0.2, 0) is 0 Å². The number of rotatable bonds is 19. The smallest absolute Gasteiger partial charge is 0.0527 e. The quantitative estimate of drug-likeness (QED) is 0.160. The Labute approximate surface area is 156 Å². The lowest BCUT2D eigenvalue weighted by atomic mass is 10.0. The Morgan fingerprint density at radius 3 is 0.958 bits per heavy atom. The molecular formula is C23H50Si. The van der Waals surface area contributed by atoms with Crippen LogP contribution in [0.25, 0.3) is 0 Å². The third kappa shape index (κ3) is 13.5. The first-order valence-corrected chi connectivity index (χ1v) is 14.6. The fourth-order valence-corrected chi connectivity index (χ4v) is 7.71. The molecule has 0 aromatic heterocycles. The van der Waals surface area contributed by atoms with Gasteiger partial charge in [0.05, 0.1) is 8.07 Å². The van der Waals surface area contributed by atoms with Crippen LogP contribution in [0.4, 0.5) is 0 Å². The van der Waals surface area contributed by atoms with E-state index in [1.165, 1.54) is 114 Å².